The third-order valence-corrected chi connectivity index (χ3v) is 7.03. The van der Waals surface area contributed by atoms with Gasteiger partial charge in [0, 0.05) is 33.5 Å². The van der Waals surface area contributed by atoms with E-state index in [1.54, 1.807) is 23.6 Å². The van der Waals surface area contributed by atoms with Gasteiger partial charge in [0.1, 0.15) is 5.00 Å². The number of nitrogens with one attached hydrogen (secondary N) is 1. The quantitative estimate of drug-likeness (QED) is 0.449. The molecule has 2 amide bonds. The third kappa shape index (κ3) is 5.93. The first-order chi connectivity index (χ1) is 14.9. The van der Waals surface area contributed by atoms with Crippen molar-refractivity contribution < 1.29 is 23.9 Å². The van der Waals surface area contributed by atoms with Crippen LogP contribution in [0.1, 0.15) is 34.1 Å². The topological polar surface area (TPSA) is 84.9 Å². The largest absolute Gasteiger partial charge is 0.462 e. The zero-order valence-electron chi connectivity index (χ0n) is 17.2. The average molecular weight is 483 g/mol. The van der Waals surface area contributed by atoms with E-state index in [1.165, 1.54) is 18.4 Å². The second kappa shape index (κ2) is 10.9. The van der Waals surface area contributed by atoms with E-state index in [0.29, 0.717) is 40.9 Å². The molecule has 0 spiro atoms. The van der Waals surface area contributed by atoms with Crippen LogP contribution in [0, 0.1) is 0 Å². The number of halogens is 1. The number of methoxy groups -OCH3 is 1. The van der Waals surface area contributed by atoms with Gasteiger partial charge in [-0.3, -0.25) is 4.79 Å². The highest BCUT2D eigenvalue weighted by Crippen LogP contribution is 2.38. The lowest BCUT2D eigenvalue weighted by Crippen LogP contribution is -2.35. The second-order valence-electron chi connectivity index (χ2n) is 6.67. The Bertz CT molecular complexity index is 961. The van der Waals surface area contributed by atoms with Crippen molar-refractivity contribution in [2.24, 2.45) is 0 Å². The van der Waals surface area contributed by atoms with Crippen molar-refractivity contribution in [1.29, 1.82) is 0 Å². The van der Waals surface area contributed by atoms with E-state index in [-0.39, 0.29) is 18.9 Å². The number of rotatable bonds is 7. The molecule has 0 unspecified atom stereocenters. The number of hydrogen-bond acceptors (Lipinski definition) is 7. The van der Waals surface area contributed by atoms with E-state index >= 15 is 0 Å². The van der Waals surface area contributed by atoms with Crippen LogP contribution in [0.4, 0.5) is 9.80 Å². The smallest absolute Gasteiger partial charge is 0.409 e. The first-order valence-corrected chi connectivity index (χ1v) is 11.9. The Balaban J connectivity index is 1.69. The molecule has 0 saturated heterocycles. The highest BCUT2D eigenvalue weighted by Gasteiger charge is 2.31. The minimum Gasteiger partial charge on any atom is -0.462 e. The van der Waals surface area contributed by atoms with E-state index in [9.17, 15) is 14.4 Å². The summed E-state index contributed by atoms with van der Waals surface area (Å²) in [6.07, 6.45) is 0.366. The first kappa shape index (κ1) is 23.4. The van der Waals surface area contributed by atoms with Gasteiger partial charge in [-0.1, -0.05) is 11.6 Å². The summed E-state index contributed by atoms with van der Waals surface area (Å²) in [4.78, 5) is 40.5. The number of thioether (sulfide) groups is 1. The van der Waals surface area contributed by atoms with Crippen LogP contribution >= 0.6 is 34.7 Å². The Morgan fingerprint density at radius 1 is 1.26 bits per heavy atom. The van der Waals surface area contributed by atoms with Gasteiger partial charge in [0.2, 0.25) is 5.91 Å². The molecule has 1 aromatic heterocycles. The number of ether oxygens (including phenoxy) is 2. The minimum absolute atomic E-state index is 0.185. The van der Waals surface area contributed by atoms with Gasteiger partial charge in [0.05, 0.1) is 25.8 Å². The maximum absolute atomic E-state index is 12.6. The van der Waals surface area contributed by atoms with Gasteiger partial charge in [-0.2, -0.15) is 0 Å². The molecule has 7 nitrogen and oxygen atoms in total. The number of carbonyl (C=O) groups is 3. The molecule has 1 aliphatic heterocycles. The molecule has 0 radical (unpaired) electrons. The molecule has 0 aliphatic carbocycles. The number of thiophene rings is 1. The summed E-state index contributed by atoms with van der Waals surface area (Å²) >= 11 is 8.75. The summed E-state index contributed by atoms with van der Waals surface area (Å²) in [7, 11) is 1.34. The van der Waals surface area contributed by atoms with E-state index in [2.05, 4.69) is 5.32 Å². The molecule has 31 heavy (non-hydrogen) atoms. The average Bonchev–Trinajstić information content (AvgIpc) is 3.11. The fraction of sp³-hybridized carbons (Fsp3) is 0.381. The molecule has 0 atom stereocenters. The normalized spacial score (nSPS) is 12.8. The number of anilines is 1. The monoisotopic (exact) mass is 482 g/mol. The lowest BCUT2D eigenvalue weighted by atomic mass is 10.0. The molecule has 10 heteroatoms. The lowest BCUT2D eigenvalue weighted by Gasteiger charge is -2.25. The zero-order chi connectivity index (χ0) is 22.4. The summed E-state index contributed by atoms with van der Waals surface area (Å²) in [6.45, 7) is 2.75. The maximum Gasteiger partial charge on any atom is 0.409 e. The molecule has 2 aromatic rings. The van der Waals surface area contributed by atoms with Gasteiger partial charge in [-0.15, -0.1) is 23.1 Å². The summed E-state index contributed by atoms with van der Waals surface area (Å²) in [5.41, 5.74) is 1.22. The zero-order valence-corrected chi connectivity index (χ0v) is 19.6. The molecule has 166 valence electrons. The minimum atomic E-state index is -0.461. The van der Waals surface area contributed by atoms with Crippen molar-refractivity contribution in [1.82, 2.24) is 4.90 Å². The predicted octanol–water partition coefficient (Wildman–Crippen LogP) is 4.82. The molecule has 2 heterocycles. The SMILES string of the molecule is CCOC(=O)c1c(NC(=O)CCSc2ccc(Cl)cc2)sc2c1CCN(C(=O)OC)C2. The van der Waals surface area contributed by atoms with Crippen LogP contribution in [0.3, 0.4) is 0 Å². The summed E-state index contributed by atoms with van der Waals surface area (Å²) in [5, 5.41) is 4.01. The van der Waals surface area contributed by atoms with Crippen LogP contribution < -0.4 is 5.32 Å². The fourth-order valence-electron chi connectivity index (χ4n) is 3.18. The van der Waals surface area contributed by atoms with Crippen molar-refractivity contribution in [3.8, 4) is 0 Å². The van der Waals surface area contributed by atoms with Gasteiger partial charge in [0.15, 0.2) is 0 Å². The van der Waals surface area contributed by atoms with Crippen molar-refractivity contribution in [3.63, 3.8) is 0 Å². The summed E-state index contributed by atoms with van der Waals surface area (Å²) in [5.74, 6) is -0.0588. The number of fused-ring (bicyclic) bond motifs is 1. The van der Waals surface area contributed by atoms with Gasteiger partial charge in [0.25, 0.3) is 0 Å². The molecular formula is C21H23ClN2O5S2. The Kier molecular flexibility index (Phi) is 8.22. The number of carbonyl (C=O) groups excluding carboxylic acids is 3. The summed E-state index contributed by atoms with van der Waals surface area (Å²) in [6, 6.07) is 7.43. The Morgan fingerprint density at radius 2 is 2.00 bits per heavy atom. The fourth-order valence-corrected chi connectivity index (χ4v) is 5.42. The van der Waals surface area contributed by atoms with E-state index in [4.69, 9.17) is 21.1 Å². The molecule has 3 rings (SSSR count). The molecule has 1 aliphatic rings. The van der Waals surface area contributed by atoms with Gasteiger partial charge >= 0.3 is 12.1 Å². The van der Waals surface area contributed by atoms with E-state index in [1.807, 2.05) is 24.3 Å². The van der Waals surface area contributed by atoms with Gasteiger partial charge < -0.3 is 19.7 Å². The number of amides is 2. The molecule has 1 N–H and O–H groups in total. The maximum atomic E-state index is 12.6. The Hall–Kier alpha value is -2.23. The van der Waals surface area contributed by atoms with E-state index in [0.717, 1.165) is 15.3 Å². The van der Waals surface area contributed by atoms with Crippen molar-refractivity contribution in [2.75, 3.05) is 31.3 Å². The van der Waals surface area contributed by atoms with Crippen molar-refractivity contribution >= 4 is 57.7 Å². The van der Waals surface area contributed by atoms with Gasteiger partial charge in [-0.05, 0) is 43.2 Å². The molecular weight excluding hydrogens is 460 g/mol. The second-order valence-corrected chi connectivity index (χ2v) is 9.38. The van der Waals surface area contributed by atoms with Crippen LogP contribution in [-0.4, -0.2) is 48.9 Å². The Labute approximate surface area is 194 Å². The lowest BCUT2D eigenvalue weighted by molar-refractivity contribution is -0.115. The summed E-state index contributed by atoms with van der Waals surface area (Å²) < 4.78 is 10.0. The van der Waals surface area contributed by atoms with E-state index < -0.39 is 12.1 Å². The number of hydrogen-bond donors (Lipinski definition) is 1. The standard InChI is InChI=1S/C21H23ClN2O5S2/c1-3-29-20(26)18-15-8-10-24(21(27)28-2)12-16(15)31-19(18)23-17(25)9-11-30-14-6-4-13(22)5-7-14/h4-7H,3,8-12H2,1-2H3,(H,23,25). The number of benzene rings is 1. The Morgan fingerprint density at radius 3 is 2.68 bits per heavy atom. The van der Waals surface area contributed by atoms with Crippen LogP contribution in [-0.2, 0) is 27.2 Å². The van der Waals surface area contributed by atoms with Crippen LogP contribution in [0.25, 0.3) is 0 Å². The molecule has 0 bridgehead atoms. The highest BCUT2D eigenvalue weighted by atomic mass is 35.5. The number of nitrogens with zero attached hydrogens (tertiary/aromatic N) is 1. The van der Waals surface area contributed by atoms with Crippen molar-refractivity contribution in [2.45, 2.75) is 31.2 Å². The van der Waals surface area contributed by atoms with Gasteiger partial charge in [-0.25, -0.2) is 9.59 Å². The molecule has 1 aromatic carbocycles. The predicted molar refractivity (Wildman–Crippen MR) is 122 cm³/mol. The van der Waals surface area contributed by atoms with Crippen LogP contribution in [0.5, 0.6) is 0 Å². The highest BCUT2D eigenvalue weighted by molar-refractivity contribution is 7.99. The molecule has 0 fully saturated rings. The van der Waals surface area contributed by atoms with Crippen molar-refractivity contribution in [3.05, 3.63) is 45.3 Å². The first-order valence-electron chi connectivity index (χ1n) is 9.75. The molecule has 0 saturated carbocycles. The third-order valence-electron chi connectivity index (χ3n) is 4.63. The number of esters is 1. The van der Waals surface area contributed by atoms with Crippen LogP contribution in [0.15, 0.2) is 29.2 Å². The van der Waals surface area contributed by atoms with Crippen LogP contribution in [0.2, 0.25) is 5.02 Å².